The summed E-state index contributed by atoms with van der Waals surface area (Å²) in [5.41, 5.74) is 0.472. The van der Waals surface area contributed by atoms with E-state index in [1.54, 1.807) is 18.2 Å². The highest BCUT2D eigenvalue weighted by atomic mass is 35.5. The van der Waals surface area contributed by atoms with Crippen molar-refractivity contribution >= 4 is 29.2 Å². The first-order valence-corrected chi connectivity index (χ1v) is 6.37. The van der Waals surface area contributed by atoms with Crippen molar-refractivity contribution < 1.29 is 19.4 Å². The smallest absolute Gasteiger partial charge is 0.337 e. The summed E-state index contributed by atoms with van der Waals surface area (Å²) >= 11 is 5.83. The maximum atomic E-state index is 12.1. The molecule has 0 radical (unpaired) electrons. The maximum Gasteiger partial charge on any atom is 0.337 e. The number of carboxylic acid groups (broad SMARTS) is 1. The van der Waals surface area contributed by atoms with E-state index < -0.39 is 11.9 Å². The molecule has 0 aromatic heterocycles. The largest absolute Gasteiger partial charge is 0.497 e. The van der Waals surface area contributed by atoms with Crippen molar-refractivity contribution in [2.75, 3.05) is 12.4 Å². The zero-order chi connectivity index (χ0) is 15.4. The third-order valence-electron chi connectivity index (χ3n) is 2.79. The van der Waals surface area contributed by atoms with Gasteiger partial charge in [-0.25, -0.2) is 4.79 Å². The molecule has 2 N–H and O–H groups in total. The van der Waals surface area contributed by atoms with Gasteiger partial charge >= 0.3 is 5.97 Å². The van der Waals surface area contributed by atoms with E-state index in [9.17, 15) is 9.59 Å². The molecule has 1 amide bonds. The number of amides is 1. The molecule has 2 rings (SSSR count). The van der Waals surface area contributed by atoms with Gasteiger partial charge in [-0.1, -0.05) is 17.7 Å². The Hall–Kier alpha value is -2.53. The standard InChI is InChI=1S/C15H12ClNO4/c1-21-11-5-6-12(15(19)20)13(8-11)17-14(18)9-3-2-4-10(16)7-9/h2-8H,1H3,(H,17,18)(H,19,20). The number of carbonyl (C=O) groups excluding carboxylic acids is 1. The number of rotatable bonds is 4. The molecule has 5 nitrogen and oxygen atoms in total. The Bertz CT molecular complexity index is 700. The predicted octanol–water partition coefficient (Wildman–Crippen LogP) is 3.30. The van der Waals surface area contributed by atoms with Crippen molar-refractivity contribution in [1.29, 1.82) is 0 Å². The van der Waals surface area contributed by atoms with Crippen LogP contribution in [0.25, 0.3) is 0 Å². The number of carboxylic acids is 1. The minimum Gasteiger partial charge on any atom is -0.497 e. The van der Waals surface area contributed by atoms with E-state index in [0.29, 0.717) is 16.3 Å². The lowest BCUT2D eigenvalue weighted by Crippen LogP contribution is -2.15. The van der Waals surface area contributed by atoms with Gasteiger partial charge in [-0.2, -0.15) is 0 Å². The first-order chi connectivity index (χ1) is 10.0. The van der Waals surface area contributed by atoms with E-state index in [1.807, 2.05) is 0 Å². The Labute approximate surface area is 126 Å². The summed E-state index contributed by atoms with van der Waals surface area (Å²) in [6, 6.07) is 10.7. The van der Waals surface area contributed by atoms with E-state index >= 15 is 0 Å². The average Bonchev–Trinajstić information content (AvgIpc) is 2.46. The second kappa shape index (κ2) is 6.28. The highest BCUT2D eigenvalue weighted by molar-refractivity contribution is 6.31. The summed E-state index contributed by atoms with van der Waals surface area (Å²) in [5.74, 6) is -1.14. The van der Waals surface area contributed by atoms with Gasteiger partial charge in [0.05, 0.1) is 18.4 Å². The Morgan fingerprint density at radius 3 is 2.57 bits per heavy atom. The Morgan fingerprint density at radius 2 is 1.95 bits per heavy atom. The molecular formula is C15H12ClNO4. The van der Waals surface area contributed by atoms with Crippen LogP contribution < -0.4 is 10.1 Å². The summed E-state index contributed by atoms with van der Waals surface area (Å²) in [5, 5.41) is 12.1. The molecule has 0 aliphatic carbocycles. The molecule has 0 bridgehead atoms. The van der Waals surface area contributed by atoms with Gasteiger partial charge in [0.1, 0.15) is 5.75 Å². The number of methoxy groups -OCH3 is 1. The SMILES string of the molecule is COc1ccc(C(=O)O)c(NC(=O)c2cccc(Cl)c2)c1. The highest BCUT2D eigenvalue weighted by Crippen LogP contribution is 2.23. The molecule has 0 saturated carbocycles. The number of carbonyl (C=O) groups is 2. The molecule has 6 heteroatoms. The quantitative estimate of drug-likeness (QED) is 0.908. The molecule has 0 fully saturated rings. The number of benzene rings is 2. The fraction of sp³-hybridized carbons (Fsp3) is 0.0667. The fourth-order valence-corrected chi connectivity index (χ4v) is 1.95. The van der Waals surface area contributed by atoms with Crippen LogP contribution in [0.3, 0.4) is 0 Å². The van der Waals surface area contributed by atoms with E-state index in [1.165, 1.54) is 31.4 Å². The van der Waals surface area contributed by atoms with Crippen LogP contribution in [0.2, 0.25) is 5.02 Å². The average molecular weight is 306 g/mol. The number of anilines is 1. The molecule has 0 heterocycles. The monoisotopic (exact) mass is 305 g/mol. The van der Waals surface area contributed by atoms with Gasteiger partial charge in [-0.3, -0.25) is 4.79 Å². The molecular weight excluding hydrogens is 294 g/mol. The molecule has 2 aromatic carbocycles. The zero-order valence-electron chi connectivity index (χ0n) is 11.1. The van der Waals surface area contributed by atoms with Gasteiger partial charge in [-0.05, 0) is 30.3 Å². The fourth-order valence-electron chi connectivity index (χ4n) is 1.76. The lowest BCUT2D eigenvalue weighted by molar-refractivity contribution is 0.0698. The van der Waals surface area contributed by atoms with Crippen LogP contribution in [-0.4, -0.2) is 24.1 Å². The summed E-state index contributed by atoms with van der Waals surface area (Å²) < 4.78 is 5.03. The molecule has 0 saturated heterocycles. The van der Waals surface area contributed by atoms with Gasteiger partial charge in [0.15, 0.2) is 0 Å². The van der Waals surface area contributed by atoms with Crippen molar-refractivity contribution in [2.24, 2.45) is 0 Å². The van der Waals surface area contributed by atoms with Crippen molar-refractivity contribution in [3.05, 3.63) is 58.6 Å². The molecule has 0 aliphatic heterocycles. The van der Waals surface area contributed by atoms with Gasteiger partial charge in [0.2, 0.25) is 0 Å². The van der Waals surface area contributed by atoms with E-state index in [0.717, 1.165) is 0 Å². The van der Waals surface area contributed by atoms with Crippen LogP contribution in [0.4, 0.5) is 5.69 Å². The summed E-state index contributed by atoms with van der Waals surface area (Å²) in [6.07, 6.45) is 0. The molecule has 0 atom stereocenters. The second-order valence-corrected chi connectivity index (χ2v) is 4.62. The van der Waals surface area contributed by atoms with Crippen molar-refractivity contribution in [2.45, 2.75) is 0 Å². The van der Waals surface area contributed by atoms with Crippen LogP contribution in [-0.2, 0) is 0 Å². The van der Waals surface area contributed by atoms with Crippen LogP contribution in [0.1, 0.15) is 20.7 Å². The number of hydrogen-bond donors (Lipinski definition) is 2. The lowest BCUT2D eigenvalue weighted by Gasteiger charge is -2.10. The molecule has 0 unspecified atom stereocenters. The van der Waals surface area contributed by atoms with Crippen LogP contribution in [0.5, 0.6) is 5.75 Å². The van der Waals surface area contributed by atoms with E-state index in [-0.39, 0.29) is 11.3 Å². The number of aromatic carboxylic acids is 1. The van der Waals surface area contributed by atoms with Gasteiger partial charge in [0, 0.05) is 16.7 Å². The first kappa shape index (κ1) is 14.9. The van der Waals surface area contributed by atoms with Crippen LogP contribution >= 0.6 is 11.6 Å². The normalized spacial score (nSPS) is 10.0. The molecule has 0 spiro atoms. The number of nitrogens with one attached hydrogen (secondary N) is 1. The highest BCUT2D eigenvalue weighted by Gasteiger charge is 2.14. The second-order valence-electron chi connectivity index (χ2n) is 4.18. The summed E-state index contributed by atoms with van der Waals surface area (Å²) in [6.45, 7) is 0. The zero-order valence-corrected chi connectivity index (χ0v) is 11.8. The Balaban J connectivity index is 2.33. The maximum absolute atomic E-state index is 12.1. The van der Waals surface area contributed by atoms with Crippen molar-refractivity contribution in [3.63, 3.8) is 0 Å². The Morgan fingerprint density at radius 1 is 1.19 bits per heavy atom. The van der Waals surface area contributed by atoms with Crippen LogP contribution in [0.15, 0.2) is 42.5 Å². The van der Waals surface area contributed by atoms with E-state index in [2.05, 4.69) is 5.32 Å². The van der Waals surface area contributed by atoms with Gasteiger partial charge < -0.3 is 15.2 Å². The summed E-state index contributed by atoms with van der Waals surface area (Å²) in [7, 11) is 1.46. The number of hydrogen-bond acceptors (Lipinski definition) is 3. The van der Waals surface area contributed by atoms with Crippen molar-refractivity contribution in [3.8, 4) is 5.75 Å². The van der Waals surface area contributed by atoms with Gasteiger partial charge in [-0.15, -0.1) is 0 Å². The van der Waals surface area contributed by atoms with E-state index in [4.69, 9.17) is 21.4 Å². The lowest BCUT2D eigenvalue weighted by atomic mass is 10.1. The molecule has 0 aliphatic rings. The topological polar surface area (TPSA) is 75.6 Å². The first-order valence-electron chi connectivity index (χ1n) is 5.99. The minimum absolute atomic E-state index is 0.0221. The molecule has 21 heavy (non-hydrogen) atoms. The molecule has 108 valence electrons. The predicted molar refractivity (Wildman–Crippen MR) is 79.4 cm³/mol. The Kier molecular flexibility index (Phi) is 4.45. The number of halogens is 1. The third-order valence-corrected chi connectivity index (χ3v) is 3.03. The third kappa shape index (κ3) is 3.52. The van der Waals surface area contributed by atoms with Crippen LogP contribution in [0, 0.1) is 0 Å². The van der Waals surface area contributed by atoms with Gasteiger partial charge in [0.25, 0.3) is 5.91 Å². The molecule has 2 aromatic rings. The summed E-state index contributed by atoms with van der Waals surface area (Å²) in [4.78, 5) is 23.3. The van der Waals surface area contributed by atoms with Crippen molar-refractivity contribution in [1.82, 2.24) is 0 Å². The minimum atomic E-state index is -1.14. The number of ether oxygens (including phenoxy) is 1.